The summed E-state index contributed by atoms with van der Waals surface area (Å²) in [4.78, 5) is 2.21. The van der Waals surface area contributed by atoms with Gasteiger partial charge in [0.15, 0.2) is 23.0 Å². The van der Waals surface area contributed by atoms with Crippen molar-refractivity contribution in [1.29, 1.82) is 0 Å². The minimum Gasteiger partial charge on any atom is -0.493 e. The molecule has 0 saturated heterocycles. The smallest absolute Gasteiger partial charge is 0.231 e. The van der Waals surface area contributed by atoms with E-state index in [4.69, 9.17) is 18.9 Å². The Bertz CT molecular complexity index is 1020. The second kappa shape index (κ2) is 10.4. The maximum Gasteiger partial charge on any atom is 0.231 e. The molecule has 6 heteroatoms. The average Bonchev–Trinajstić information content (AvgIpc) is 3.27. The molecule has 1 heterocycles. The summed E-state index contributed by atoms with van der Waals surface area (Å²) in [6.07, 6.45) is 0.0799. The quantitative estimate of drug-likeness (QED) is 0.519. The van der Waals surface area contributed by atoms with Gasteiger partial charge in [0.05, 0.1) is 20.3 Å². The van der Waals surface area contributed by atoms with Gasteiger partial charge in [0.1, 0.15) is 0 Å². The first kappa shape index (κ1) is 22.0. The van der Waals surface area contributed by atoms with Gasteiger partial charge < -0.3 is 24.1 Å². The Balaban J connectivity index is 1.54. The summed E-state index contributed by atoms with van der Waals surface area (Å²) in [5.74, 6) is 2.92. The zero-order chi connectivity index (χ0) is 22.3. The number of aliphatic hydroxyl groups is 1. The van der Waals surface area contributed by atoms with Crippen LogP contribution in [-0.2, 0) is 19.5 Å². The first-order valence-electron chi connectivity index (χ1n) is 10.7. The summed E-state index contributed by atoms with van der Waals surface area (Å²) in [5.41, 5.74) is 3.20. The van der Waals surface area contributed by atoms with Crippen LogP contribution in [0.5, 0.6) is 23.0 Å². The lowest BCUT2D eigenvalue weighted by molar-refractivity contribution is 0.104. The molecule has 0 aliphatic carbocycles. The molecule has 4 rings (SSSR count). The number of benzene rings is 3. The number of hydrogen-bond donors (Lipinski definition) is 1. The van der Waals surface area contributed by atoms with Crippen molar-refractivity contribution in [3.05, 3.63) is 83.4 Å². The second-order valence-electron chi connectivity index (χ2n) is 7.85. The van der Waals surface area contributed by atoms with Crippen LogP contribution in [0.2, 0.25) is 0 Å². The van der Waals surface area contributed by atoms with Crippen LogP contribution in [0.15, 0.2) is 66.7 Å². The summed E-state index contributed by atoms with van der Waals surface area (Å²) in [5, 5.41) is 10.9. The third kappa shape index (κ3) is 5.33. The molecule has 0 fully saturated rings. The molecule has 1 N–H and O–H groups in total. The van der Waals surface area contributed by atoms with Crippen LogP contribution in [-0.4, -0.2) is 43.7 Å². The molecule has 0 bridgehead atoms. The normalized spacial score (nSPS) is 13.2. The summed E-state index contributed by atoms with van der Waals surface area (Å²) in [6, 6.07) is 21.9. The third-order valence-corrected chi connectivity index (χ3v) is 5.50. The largest absolute Gasteiger partial charge is 0.493 e. The van der Waals surface area contributed by atoms with Crippen molar-refractivity contribution < 1.29 is 24.1 Å². The van der Waals surface area contributed by atoms with E-state index in [0.717, 1.165) is 28.2 Å². The van der Waals surface area contributed by atoms with Crippen LogP contribution in [0.3, 0.4) is 0 Å². The molecule has 1 aliphatic heterocycles. The number of hydrogen-bond acceptors (Lipinski definition) is 6. The molecule has 3 aromatic rings. The van der Waals surface area contributed by atoms with Gasteiger partial charge in [-0.05, 0) is 35.7 Å². The molecule has 32 heavy (non-hydrogen) atoms. The maximum atomic E-state index is 10.9. The van der Waals surface area contributed by atoms with Gasteiger partial charge in [-0.15, -0.1) is 0 Å². The standard InChI is InChI=1S/C26H29NO5/c1-29-24-10-6-9-21(26(24)30-2)16-27(17-22(28)13-19-7-4-3-5-8-19)15-20-11-12-23-25(14-20)32-18-31-23/h3-12,14,22,28H,13,15-18H2,1-2H3/t22-/m0/s1. The highest BCUT2D eigenvalue weighted by molar-refractivity contribution is 5.47. The average molecular weight is 436 g/mol. The fourth-order valence-electron chi connectivity index (χ4n) is 4.05. The van der Waals surface area contributed by atoms with Gasteiger partial charge in [-0.2, -0.15) is 0 Å². The maximum absolute atomic E-state index is 10.9. The van der Waals surface area contributed by atoms with Crippen LogP contribution >= 0.6 is 0 Å². The van der Waals surface area contributed by atoms with Gasteiger partial charge >= 0.3 is 0 Å². The Kier molecular flexibility index (Phi) is 7.14. The molecule has 0 amide bonds. The number of rotatable bonds is 10. The first-order valence-corrected chi connectivity index (χ1v) is 10.7. The lowest BCUT2D eigenvalue weighted by Crippen LogP contribution is -2.33. The van der Waals surface area contributed by atoms with Crippen molar-refractivity contribution in [3.63, 3.8) is 0 Å². The number of fused-ring (bicyclic) bond motifs is 1. The molecule has 0 radical (unpaired) electrons. The van der Waals surface area contributed by atoms with Crippen molar-refractivity contribution in [2.45, 2.75) is 25.6 Å². The van der Waals surface area contributed by atoms with E-state index in [1.165, 1.54) is 0 Å². The van der Waals surface area contributed by atoms with Gasteiger partial charge in [-0.1, -0.05) is 48.5 Å². The van der Waals surface area contributed by atoms with E-state index in [2.05, 4.69) is 4.90 Å². The van der Waals surface area contributed by atoms with E-state index in [1.54, 1.807) is 14.2 Å². The topological polar surface area (TPSA) is 60.4 Å². The van der Waals surface area contributed by atoms with Crippen LogP contribution in [0, 0.1) is 0 Å². The molecule has 3 aromatic carbocycles. The van der Waals surface area contributed by atoms with Crippen molar-refractivity contribution in [3.8, 4) is 23.0 Å². The zero-order valence-electron chi connectivity index (χ0n) is 18.5. The zero-order valence-corrected chi connectivity index (χ0v) is 18.5. The highest BCUT2D eigenvalue weighted by atomic mass is 16.7. The number of methoxy groups -OCH3 is 2. The van der Waals surface area contributed by atoms with Gasteiger partial charge in [0.2, 0.25) is 6.79 Å². The first-order chi connectivity index (χ1) is 15.7. The molecule has 0 aromatic heterocycles. The van der Waals surface area contributed by atoms with E-state index in [-0.39, 0.29) is 6.79 Å². The SMILES string of the molecule is COc1cccc(CN(Cc2ccc3c(c2)OCO3)C[C@@H](O)Cc2ccccc2)c1OC. The molecular weight excluding hydrogens is 406 g/mol. The Morgan fingerprint density at radius 1 is 0.875 bits per heavy atom. The number of para-hydroxylation sites is 1. The van der Waals surface area contributed by atoms with E-state index < -0.39 is 6.10 Å². The van der Waals surface area contributed by atoms with Crippen molar-refractivity contribution in [2.24, 2.45) is 0 Å². The molecule has 1 atom stereocenters. The minimum absolute atomic E-state index is 0.249. The predicted molar refractivity (Wildman–Crippen MR) is 122 cm³/mol. The Morgan fingerprint density at radius 3 is 2.47 bits per heavy atom. The Labute approximate surface area is 188 Å². The monoisotopic (exact) mass is 435 g/mol. The molecule has 1 aliphatic rings. The van der Waals surface area contributed by atoms with Gasteiger partial charge in [-0.3, -0.25) is 4.90 Å². The molecule has 0 unspecified atom stereocenters. The second-order valence-corrected chi connectivity index (χ2v) is 7.85. The van der Waals surface area contributed by atoms with Crippen molar-refractivity contribution in [2.75, 3.05) is 27.6 Å². The van der Waals surface area contributed by atoms with Crippen molar-refractivity contribution >= 4 is 0 Å². The van der Waals surface area contributed by atoms with Crippen LogP contribution in [0.1, 0.15) is 16.7 Å². The van der Waals surface area contributed by atoms with Gasteiger partial charge in [0, 0.05) is 25.2 Å². The van der Waals surface area contributed by atoms with Gasteiger partial charge in [-0.25, -0.2) is 0 Å². The van der Waals surface area contributed by atoms with Crippen molar-refractivity contribution in [1.82, 2.24) is 4.90 Å². The molecular formula is C26H29NO5. The van der Waals surface area contributed by atoms with E-state index in [1.807, 2.05) is 66.7 Å². The number of ether oxygens (including phenoxy) is 4. The van der Waals surface area contributed by atoms with Crippen LogP contribution in [0.25, 0.3) is 0 Å². The highest BCUT2D eigenvalue weighted by Crippen LogP contribution is 2.34. The summed E-state index contributed by atoms with van der Waals surface area (Å²) < 4.78 is 22.1. The number of aliphatic hydroxyl groups excluding tert-OH is 1. The van der Waals surface area contributed by atoms with Crippen LogP contribution in [0.4, 0.5) is 0 Å². The fourth-order valence-corrected chi connectivity index (χ4v) is 4.05. The lowest BCUT2D eigenvalue weighted by Gasteiger charge is -2.26. The predicted octanol–water partition coefficient (Wildman–Crippen LogP) is 4.04. The fraction of sp³-hybridized carbons (Fsp3) is 0.308. The van der Waals surface area contributed by atoms with E-state index >= 15 is 0 Å². The Morgan fingerprint density at radius 2 is 1.69 bits per heavy atom. The minimum atomic E-state index is -0.511. The molecule has 168 valence electrons. The summed E-state index contributed by atoms with van der Waals surface area (Å²) in [6.45, 7) is 1.99. The summed E-state index contributed by atoms with van der Waals surface area (Å²) >= 11 is 0. The van der Waals surface area contributed by atoms with E-state index in [9.17, 15) is 5.11 Å². The third-order valence-electron chi connectivity index (χ3n) is 5.50. The molecule has 6 nitrogen and oxygen atoms in total. The Hall–Kier alpha value is -3.22. The highest BCUT2D eigenvalue weighted by Gasteiger charge is 2.19. The van der Waals surface area contributed by atoms with Crippen LogP contribution < -0.4 is 18.9 Å². The van der Waals surface area contributed by atoms with Gasteiger partial charge in [0.25, 0.3) is 0 Å². The van der Waals surface area contributed by atoms with E-state index in [0.29, 0.717) is 37.6 Å². The molecule has 0 saturated carbocycles. The molecule has 0 spiro atoms. The summed E-state index contributed by atoms with van der Waals surface area (Å²) in [7, 11) is 3.28. The number of nitrogens with zero attached hydrogens (tertiary/aromatic N) is 1. The lowest BCUT2D eigenvalue weighted by atomic mass is 10.1.